The van der Waals surface area contributed by atoms with Gasteiger partial charge in [0, 0.05) is 42.2 Å². The van der Waals surface area contributed by atoms with Gasteiger partial charge in [-0.2, -0.15) is 4.57 Å². The lowest BCUT2D eigenvalue weighted by molar-refractivity contribution is -0.769. The average Bonchev–Trinajstić information content (AvgIpc) is 3.42. The maximum atomic E-state index is 5.57. The Bertz CT molecular complexity index is 1040. The van der Waals surface area contributed by atoms with Crippen LogP contribution in [0, 0.1) is 0 Å². The molecule has 0 spiro atoms. The summed E-state index contributed by atoms with van der Waals surface area (Å²) >= 11 is 0. The van der Waals surface area contributed by atoms with Gasteiger partial charge in [-0.05, 0) is 17.7 Å². The van der Waals surface area contributed by atoms with E-state index in [9.17, 15) is 0 Å². The molecule has 3 nitrogen and oxygen atoms in total. The number of fused-ring (bicyclic) bond motifs is 1. The highest BCUT2D eigenvalue weighted by Gasteiger charge is 2.64. The standard InChI is InChI=1S/C24H20NO2/c1-23-16-24(17-9-12-26-14-17,18-10-13-27-15-18)22(19-6-2-3-7-20(19)23)21-8-4-5-11-25(21)23/h2-15,22H,16H2,1H3/q+1/t22-,23+/m0/s1. The molecule has 2 aliphatic heterocycles. The molecule has 27 heavy (non-hydrogen) atoms. The number of nitrogens with zero attached hydrogens (tertiary/aromatic N) is 1. The number of hydrogen-bond acceptors (Lipinski definition) is 2. The summed E-state index contributed by atoms with van der Waals surface area (Å²) in [4.78, 5) is 0. The van der Waals surface area contributed by atoms with Crippen LogP contribution in [0.2, 0.25) is 0 Å². The number of furan rings is 2. The van der Waals surface area contributed by atoms with Crippen molar-refractivity contribution in [1.82, 2.24) is 0 Å². The molecule has 132 valence electrons. The highest BCUT2D eigenvalue weighted by Crippen LogP contribution is 2.61. The van der Waals surface area contributed by atoms with E-state index in [1.54, 1.807) is 12.5 Å². The van der Waals surface area contributed by atoms with Gasteiger partial charge in [0.05, 0.1) is 36.4 Å². The van der Waals surface area contributed by atoms with Gasteiger partial charge >= 0.3 is 0 Å². The van der Waals surface area contributed by atoms with Crippen molar-refractivity contribution >= 4 is 0 Å². The van der Waals surface area contributed by atoms with Crippen LogP contribution < -0.4 is 4.57 Å². The largest absolute Gasteiger partial charge is 0.472 e. The average molecular weight is 354 g/mol. The number of aromatic nitrogens is 1. The van der Waals surface area contributed by atoms with Crippen molar-refractivity contribution in [2.24, 2.45) is 0 Å². The Morgan fingerprint density at radius 3 is 2.30 bits per heavy atom. The monoisotopic (exact) mass is 354 g/mol. The first kappa shape index (κ1) is 15.0. The molecule has 5 heterocycles. The van der Waals surface area contributed by atoms with Crippen molar-refractivity contribution < 1.29 is 13.4 Å². The van der Waals surface area contributed by atoms with E-state index in [1.165, 1.54) is 27.9 Å². The molecule has 1 aliphatic carbocycles. The van der Waals surface area contributed by atoms with Crippen LogP contribution in [0.1, 0.15) is 47.2 Å². The van der Waals surface area contributed by atoms with Crippen LogP contribution in [0.3, 0.4) is 0 Å². The molecule has 0 fully saturated rings. The maximum absolute atomic E-state index is 5.57. The third-order valence-electron chi connectivity index (χ3n) is 6.76. The van der Waals surface area contributed by atoms with Gasteiger partial charge in [-0.1, -0.05) is 30.3 Å². The van der Waals surface area contributed by atoms with E-state index in [-0.39, 0.29) is 16.9 Å². The second-order valence-electron chi connectivity index (χ2n) is 7.96. The van der Waals surface area contributed by atoms with Crippen molar-refractivity contribution in [2.75, 3.05) is 0 Å². The number of benzene rings is 1. The molecule has 0 radical (unpaired) electrons. The van der Waals surface area contributed by atoms with E-state index in [0.717, 1.165) is 6.42 Å². The van der Waals surface area contributed by atoms with Gasteiger partial charge < -0.3 is 8.83 Å². The molecule has 1 aromatic carbocycles. The maximum Gasteiger partial charge on any atom is 0.192 e. The fraction of sp³-hybridized carbons (Fsp3) is 0.208. The Kier molecular flexibility index (Phi) is 2.79. The highest BCUT2D eigenvalue weighted by molar-refractivity contribution is 5.55. The molecule has 2 bridgehead atoms. The lowest BCUT2D eigenvalue weighted by Gasteiger charge is -2.52. The van der Waals surface area contributed by atoms with Gasteiger partial charge in [0.25, 0.3) is 0 Å². The molecular weight excluding hydrogens is 334 g/mol. The molecule has 2 atom stereocenters. The van der Waals surface area contributed by atoms with E-state index in [2.05, 4.69) is 72.3 Å². The highest BCUT2D eigenvalue weighted by atomic mass is 16.3. The van der Waals surface area contributed by atoms with Crippen LogP contribution in [-0.4, -0.2) is 0 Å². The van der Waals surface area contributed by atoms with E-state index in [4.69, 9.17) is 8.83 Å². The number of rotatable bonds is 2. The number of hydrogen-bond donors (Lipinski definition) is 0. The molecule has 0 unspecified atom stereocenters. The van der Waals surface area contributed by atoms with Gasteiger partial charge in [-0.3, -0.25) is 0 Å². The Hall–Kier alpha value is -3.07. The second kappa shape index (κ2) is 5.01. The Balaban J connectivity index is 1.77. The molecule has 3 aliphatic rings. The summed E-state index contributed by atoms with van der Waals surface area (Å²) in [7, 11) is 0. The van der Waals surface area contributed by atoms with Gasteiger partial charge in [-0.15, -0.1) is 0 Å². The molecule has 3 heteroatoms. The summed E-state index contributed by atoms with van der Waals surface area (Å²) in [5, 5.41) is 0. The summed E-state index contributed by atoms with van der Waals surface area (Å²) in [5.74, 6) is 0.201. The molecule has 4 aromatic rings. The topological polar surface area (TPSA) is 30.2 Å². The van der Waals surface area contributed by atoms with E-state index >= 15 is 0 Å². The van der Waals surface area contributed by atoms with E-state index in [0.29, 0.717) is 0 Å². The van der Waals surface area contributed by atoms with Crippen molar-refractivity contribution in [3.05, 3.63) is 114 Å². The molecule has 7 rings (SSSR count). The predicted molar refractivity (Wildman–Crippen MR) is 100 cm³/mol. The van der Waals surface area contributed by atoms with Crippen LogP contribution >= 0.6 is 0 Å². The molecule has 0 saturated carbocycles. The summed E-state index contributed by atoms with van der Waals surface area (Å²) in [5.41, 5.74) is 6.23. The molecule has 0 amide bonds. The third-order valence-corrected chi connectivity index (χ3v) is 6.76. The third kappa shape index (κ3) is 1.70. The molecule has 3 aromatic heterocycles. The van der Waals surface area contributed by atoms with Crippen LogP contribution in [0.5, 0.6) is 0 Å². The van der Waals surface area contributed by atoms with Crippen LogP contribution in [-0.2, 0) is 11.0 Å². The lowest BCUT2D eigenvalue weighted by atomic mass is 9.50. The van der Waals surface area contributed by atoms with Crippen LogP contribution in [0.25, 0.3) is 0 Å². The summed E-state index contributed by atoms with van der Waals surface area (Å²) < 4.78 is 13.6. The molecular formula is C24H20NO2+. The normalized spacial score (nSPS) is 24.4. The minimum absolute atomic E-state index is 0.142. The van der Waals surface area contributed by atoms with Gasteiger partial charge in [0.2, 0.25) is 0 Å². The predicted octanol–water partition coefficient (Wildman–Crippen LogP) is 4.76. The zero-order chi connectivity index (χ0) is 18.1. The Morgan fingerprint density at radius 2 is 1.59 bits per heavy atom. The van der Waals surface area contributed by atoms with Gasteiger partial charge in [-0.25, -0.2) is 0 Å². The fourth-order valence-electron chi connectivity index (χ4n) is 5.75. The zero-order valence-corrected chi connectivity index (χ0v) is 15.1. The first-order chi connectivity index (χ1) is 13.2. The van der Waals surface area contributed by atoms with Gasteiger partial charge in [0.15, 0.2) is 17.4 Å². The quantitative estimate of drug-likeness (QED) is 0.486. The SMILES string of the molecule is C[C@@]12CC(c3ccoc3)(c3ccoc3)[C@@H](c3ccccc31)c1cccc[n+]12. The Morgan fingerprint density at radius 1 is 0.889 bits per heavy atom. The lowest BCUT2D eigenvalue weighted by Crippen LogP contribution is -2.69. The summed E-state index contributed by atoms with van der Waals surface area (Å²) in [6.07, 6.45) is 10.6. The van der Waals surface area contributed by atoms with Crippen LogP contribution in [0.4, 0.5) is 0 Å². The van der Waals surface area contributed by atoms with Gasteiger partial charge in [0.1, 0.15) is 0 Å². The minimum atomic E-state index is -0.218. The van der Waals surface area contributed by atoms with E-state index < -0.39 is 0 Å². The zero-order valence-electron chi connectivity index (χ0n) is 15.1. The van der Waals surface area contributed by atoms with Crippen molar-refractivity contribution in [2.45, 2.75) is 30.2 Å². The van der Waals surface area contributed by atoms with Crippen molar-refractivity contribution in [1.29, 1.82) is 0 Å². The first-order valence-corrected chi connectivity index (χ1v) is 9.41. The fourth-order valence-corrected chi connectivity index (χ4v) is 5.75. The number of pyridine rings is 1. The van der Waals surface area contributed by atoms with Crippen molar-refractivity contribution in [3.8, 4) is 0 Å². The molecule has 0 saturated heterocycles. The van der Waals surface area contributed by atoms with Crippen LogP contribution in [0.15, 0.2) is 94.7 Å². The first-order valence-electron chi connectivity index (χ1n) is 9.41. The minimum Gasteiger partial charge on any atom is -0.472 e. The van der Waals surface area contributed by atoms with Crippen molar-refractivity contribution in [3.63, 3.8) is 0 Å². The smallest absolute Gasteiger partial charge is 0.192 e. The summed E-state index contributed by atoms with van der Waals surface area (Å²) in [6.45, 7) is 2.36. The second-order valence-corrected chi connectivity index (χ2v) is 7.96. The summed E-state index contributed by atoms with van der Waals surface area (Å²) in [6, 6.07) is 19.7. The Labute approximate surface area is 157 Å². The molecule has 0 N–H and O–H groups in total. The van der Waals surface area contributed by atoms with E-state index in [1.807, 2.05) is 12.5 Å².